The first-order chi connectivity index (χ1) is 17.1. The van der Waals surface area contributed by atoms with E-state index in [1.54, 1.807) is 36.4 Å². The lowest BCUT2D eigenvalue weighted by Gasteiger charge is -2.17. The highest BCUT2D eigenvalue weighted by Crippen LogP contribution is 2.31. The maximum atomic E-state index is 13.5. The number of nitrogens with zero attached hydrogens (tertiary/aromatic N) is 2. The van der Waals surface area contributed by atoms with Crippen molar-refractivity contribution in [3.63, 3.8) is 0 Å². The highest BCUT2D eigenvalue weighted by molar-refractivity contribution is 6.30. The lowest BCUT2D eigenvalue weighted by atomic mass is 9.90. The maximum Gasteiger partial charge on any atom is 0.342 e. The predicted octanol–water partition coefficient (Wildman–Crippen LogP) is 6.79. The number of anilines is 1. The molecule has 1 aliphatic heterocycles. The van der Waals surface area contributed by atoms with Gasteiger partial charge in [0.15, 0.2) is 6.61 Å². The zero-order valence-corrected chi connectivity index (χ0v) is 19.2. The summed E-state index contributed by atoms with van der Waals surface area (Å²) >= 11 is 5.88. The SMILES string of the molecule is O=C(Nc1ccc(Cl)cc1)N1CC(c2ccc(F)cc2)C(c2ccc(OCC(F)(F)C(F)F)cc2)=N1. The lowest BCUT2D eigenvalue weighted by Crippen LogP contribution is -2.33. The Morgan fingerprint density at radius 1 is 1.06 bits per heavy atom. The van der Waals surface area contributed by atoms with E-state index in [1.165, 1.54) is 41.4 Å². The fraction of sp³-hybridized carbons (Fsp3) is 0.200. The molecule has 0 saturated heterocycles. The summed E-state index contributed by atoms with van der Waals surface area (Å²) < 4.78 is 69.3. The quantitative estimate of drug-likeness (QED) is 0.347. The Morgan fingerprint density at radius 3 is 2.31 bits per heavy atom. The monoisotopic (exact) mass is 523 g/mol. The second-order valence-electron chi connectivity index (χ2n) is 7.98. The minimum atomic E-state index is -4.28. The number of alkyl halides is 4. The number of halogens is 6. The topological polar surface area (TPSA) is 53.9 Å². The Bertz CT molecular complexity index is 1240. The van der Waals surface area contributed by atoms with Gasteiger partial charge in [0.25, 0.3) is 0 Å². The van der Waals surface area contributed by atoms with Gasteiger partial charge in [-0.25, -0.2) is 23.0 Å². The van der Waals surface area contributed by atoms with Gasteiger partial charge in [-0.2, -0.15) is 13.9 Å². The van der Waals surface area contributed by atoms with Gasteiger partial charge in [0.05, 0.1) is 12.3 Å². The second-order valence-corrected chi connectivity index (χ2v) is 8.42. The highest BCUT2D eigenvalue weighted by Gasteiger charge is 2.41. The summed E-state index contributed by atoms with van der Waals surface area (Å²) in [7, 11) is 0. The van der Waals surface area contributed by atoms with Crippen molar-refractivity contribution in [3.05, 3.63) is 94.8 Å². The largest absolute Gasteiger partial charge is 0.487 e. The molecule has 1 N–H and O–H groups in total. The molecule has 4 rings (SSSR count). The standard InChI is InChI=1S/C25H19ClF5N3O2/c26-17-5-9-19(10-6-17)32-24(35)34-13-21(15-1-7-18(27)8-2-15)22(33-34)16-3-11-20(12-4-16)36-14-25(30,31)23(28)29/h1-12,21,23H,13-14H2,(H,32,35). The van der Waals surface area contributed by atoms with Crippen LogP contribution >= 0.6 is 11.6 Å². The van der Waals surface area contributed by atoms with Crippen molar-refractivity contribution in [1.82, 2.24) is 5.01 Å². The zero-order valence-electron chi connectivity index (χ0n) is 18.5. The number of benzene rings is 3. The third-order valence-corrected chi connectivity index (χ3v) is 5.67. The number of hydrogen-bond donors (Lipinski definition) is 1. The molecule has 1 unspecified atom stereocenters. The van der Waals surface area contributed by atoms with Gasteiger partial charge in [-0.1, -0.05) is 23.7 Å². The summed E-state index contributed by atoms with van der Waals surface area (Å²) in [6, 6.07) is 17.5. The van der Waals surface area contributed by atoms with Crippen LogP contribution < -0.4 is 10.1 Å². The van der Waals surface area contributed by atoms with Gasteiger partial charge in [-0.05, 0) is 71.8 Å². The summed E-state index contributed by atoms with van der Waals surface area (Å²) in [5.74, 6) is -5.15. The van der Waals surface area contributed by atoms with E-state index in [0.29, 0.717) is 27.5 Å². The molecule has 3 aromatic rings. The van der Waals surface area contributed by atoms with Crippen LogP contribution in [0.4, 0.5) is 32.4 Å². The summed E-state index contributed by atoms with van der Waals surface area (Å²) in [5.41, 5.74) is 2.22. The van der Waals surface area contributed by atoms with Gasteiger partial charge in [0, 0.05) is 16.6 Å². The molecule has 0 saturated carbocycles. The summed E-state index contributed by atoms with van der Waals surface area (Å²) in [6.45, 7) is -1.32. The Labute approximate surface area is 208 Å². The van der Waals surface area contributed by atoms with Crippen LogP contribution in [-0.4, -0.2) is 42.3 Å². The molecule has 2 amide bonds. The van der Waals surface area contributed by atoms with Crippen molar-refractivity contribution in [2.75, 3.05) is 18.5 Å². The fourth-order valence-electron chi connectivity index (χ4n) is 3.53. The van der Waals surface area contributed by atoms with Crippen molar-refractivity contribution >= 4 is 29.0 Å². The van der Waals surface area contributed by atoms with E-state index in [-0.39, 0.29) is 12.3 Å². The first-order valence-corrected chi connectivity index (χ1v) is 11.1. The summed E-state index contributed by atoms with van der Waals surface area (Å²) in [6.07, 6.45) is -3.84. The molecular formula is C25H19ClF5N3O2. The number of nitrogens with one attached hydrogen (secondary N) is 1. The second kappa shape index (κ2) is 10.5. The van der Waals surface area contributed by atoms with Crippen molar-refractivity contribution in [2.24, 2.45) is 5.10 Å². The normalized spacial score (nSPS) is 15.7. The van der Waals surface area contributed by atoms with Crippen LogP contribution in [-0.2, 0) is 0 Å². The van der Waals surface area contributed by atoms with Crippen LogP contribution in [0.25, 0.3) is 0 Å². The fourth-order valence-corrected chi connectivity index (χ4v) is 3.66. The van der Waals surface area contributed by atoms with Crippen LogP contribution in [0.5, 0.6) is 5.75 Å². The van der Waals surface area contributed by atoms with E-state index < -0.39 is 36.7 Å². The number of carbonyl (C=O) groups is 1. The first-order valence-electron chi connectivity index (χ1n) is 10.7. The van der Waals surface area contributed by atoms with Crippen LogP contribution in [0.15, 0.2) is 77.9 Å². The van der Waals surface area contributed by atoms with Crippen LogP contribution in [0.2, 0.25) is 5.02 Å². The molecular weight excluding hydrogens is 505 g/mol. The van der Waals surface area contributed by atoms with Crippen molar-refractivity contribution in [3.8, 4) is 5.75 Å². The van der Waals surface area contributed by atoms with Gasteiger partial charge in [0.1, 0.15) is 11.6 Å². The van der Waals surface area contributed by atoms with Crippen LogP contribution in [0.3, 0.4) is 0 Å². The zero-order chi connectivity index (χ0) is 25.9. The molecule has 0 radical (unpaired) electrons. The number of amides is 2. The van der Waals surface area contributed by atoms with E-state index >= 15 is 0 Å². The van der Waals surface area contributed by atoms with Crippen LogP contribution in [0.1, 0.15) is 17.0 Å². The van der Waals surface area contributed by atoms with E-state index in [1.807, 2.05) is 0 Å². The molecule has 36 heavy (non-hydrogen) atoms. The predicted molar refractivity (Wildman–Crippen MR) is 126 cm³/mol. The molecule has 1 heterocycles. The van der Waals surface area contributed by atoms with E-state index in [0.717, 1.165) is 0 Å². The van der Waals surface area contributed by atoms with Gasteiger partial charge >= 0.3 is 18.4 Å². The lowest BCUT2D eigenvalue weighted by molar-refractivity contribution is -0.148. The molecule has 188 valence electrons. The molecule has 0 fully saturated rings. The van der Waals surface area contributed by atoms with E-state index in [9.17, 15) is 26.7 Å². The van der Waals surface area contributed by atoms with Gasteiger partial charge < -0.3 is 10.1 Å². The molecule has 11 heteroatoms. The number of hydrogen-bond acceptors (Lipinski definition) is 3. The van der Waals surface area contributed by atoms with Crippen molar-refractivity contribution in [2.45, 2.75) is 18.3 Å². The third-order valence-electron chi connectivity index (χ3n) is 5.42. The third kappa shape index (κ3) is 5.93. The maximum absolute atomic E-state index is 13.5. The number of carbonyl (C=O) groups excluding carboxylic acids is 1. The molecule has 1 atom stereocenters. The van der Waals surface area contributed by atoms with Gasteiger partial charge in [0.2, 0.25) is 0 Å². The molecule has 0 bridgehead atoms. The Hall–Kier alpha value is -3.66. The first kappa shape index (κ1) is 25.4. The highest BCUT2D eigenvalue weighted by atomic mass is 35.5. The Kier molecular flexibility index (Phi) is 7.44. The number of ether oxygens (including phenoxy) is 1. The number of urea groups is 1. The minimum absolute atomic E-state index is 0.0339. The molecule has 3 aromatic carbocycles. The number of hydrazone groups is 1. The van der Waals surface area contributed by atoms with Crippen molar-refractivity contribution < 1.29 is 31.5 Å². The average molecular weight is 524 g/mol. The molecule has 0 spiro atoms. The Balaban J connectivity index is 1.56. The van der Waals surface area contributed by atoms with Crippen LogP contribution in [0, 0.1) is 5.82 Å². The molecule has 0 aliphatic carbocycles. The molecule has 1 aliphatic rings. The molecule has 0 aromatic heterocycles. The van der Waals surface area contributed by atoms with E-state index in [4.69, 9.17) is 16.3 Å². The van der Waals surface area contributed by atoms with E-state index in [2.05, 4.69) is 10.4 Å². The minimum Gasteiger partial charge on any atom is -0.487 e. The average Bonchev–Trinajstić information content (AvgIpc) is 3.30. The van der Waals surface area contributed by atoms with Gasteiger partial charge in [-0.15, -0.1) is 0 Å². The number of rotatable bonds is 7. The summed E-state index contributed by atoms with van der Waals surface area (Å²) in [5, 5.41) is 8.91. The smallest absolute Gasteiger partial charge is 0.342 e. The van der Waals surface area contributed by atoms with Crippen molar-refractivity contribution in [1.29, 1.82) is 0 Å². The Morgan fingerprint density at radius 2 is 1.69 bits per heavy atom. The van der Waals surface area contributed by atoms with Gasteiger partial charge in [-0.3, -0.25) is 0 Å². The molecule has 5 nitrogen and oxygen atoms in total. The summed E-state index contributed by atoms with van der Waals surface area (Å²) in [4.78, 5) is 12.9.